The molecule has 6 heteroatoms. The Kier molecular flexibility index (Phi) is 6.79. The number of nitrogens with zero attached hydrogens (tertiary/aromatic N) is 1. The van der Waals surface area contributed by atoms with Gasteiger partial charge in [0.2, 0.25) is 5.91 Å². The SMILES string of the molecule is Cl.O=C(C(Sc1ccccc1F)c1ccccc1)N1C2CCNCC1CC2. The minimum atomic E-state index is -0.422. The Balaban J connectivity index is 0.00000210. The summed E-state index contributed by atoms with van der Waals surface area (Å²) in [7, 11) is 0. The summed E-state index contributed by atoms with van der Waals surface area (Å²) in [5, 5.41) is 3.02. The Morgan fingerprint density at radius 1 is 1.04 bits per heavy atom. The van der Waals surface area contributed by atoms with Gasteiger partial charge in [-0.3, -0.25) is 4.79 Å². The zero-order chi connectivity index (χ0) is 17.9. The number of carbonyl (C=O) groups is 1. The van der Waals surface area contributed by atoms with Crippen molar-refractivity contribution in [3.8, 4) is 0 Å². The number of benzene rings is 2. The molecule has 144 valence electrons. The van der Waals surface area contributed by atoms with E-state index in [1.165, 1.54) is 17.8 Å². The van der Waals surface area contributed by atoms with Gasteiger partial charge < -0.3 is 10.2 Å². The molecule has 2 aliphatic rings. The third-order valence-electron chi connectivity index (χ3n) is 5.32. The van der Waals surface area contributed by atoms with Gasteiger partial charge in [-0.05, 0) is 43.5 Å². The van der Waals surface area contributed by atoms with Crippen LogP contribution < -0.4 is 5.32 Å². The number of halogens is 2. The first-order valence-corrected chi connectivity index (χ1v) is 10.1. The number of nitrogens with one attached hydrogen (secondary N) is 1. The first kappa shape index (κ1) is 20.2. The summed E-state index contributed by atoms with van der Waals surface area (Å²) in [4.78, 5) is 16.2. The van der Waals surface area contributed by atoms with Crippen molar-refractivity contribution >= 4 is 30.1 Å². The number of hydrogen-bond donors (Lipinski definition) is 1. The van der Waals surface area contributed by atoms with Gasteiger partial charge in [0.05, 0.1) is 0 Å². The van der Waals surface area contributed by atoms with E-state index in [1.54, 1.807) is 12.1 Å². The van der Waals surface area contributed by atoms with Crippen LogP contribution in [0.25, 0.3) is 0 Å². The maximum Gasteiger partial charge on any atom is 0.241 e. The Labute approximate surface area is 170 Å². The summed E-state index contributed by atoms with van der Waals surface area (Å²) in [6.07, 6.45) is 3.12. The van der Waals surface area contributed by atoms with Crippen molar-refractivity contribution in [2.45, 2.75) is 41.5 Å². The number of rotatable bonds is 4. The Hall–Kier alpha value is -1.56. The molecule has 3 nitrogen and oxygen atoms in total. The molecule has 27 heavy (non-hydrogen) atoms. The van der Waals surface area contributed by atoms with Gasteiger partial charge in [0.1, 0.15) is 11.1 Å². The van der Waals surface area contributed by atoms with Crippen molar-refractivity contribution in [2.24, 2.45) is 0 Å². The van der Waals surface area contributed by atoms with Crippen LogP contribution in [0.4, 0.5) is 4.39 Å². The fourth-order valence-corrected chi connectivity index (χ4v) is 5.14. The quantitative estimate of drug-likeness (QED) is 0.762. The summed E-state index contributed by atoms with van der Waals surface area (Å²) < 4.78 is 14.2. The van der Waals surface area contributed by atoms with Gasteiger partial charge >= 0.3 is 0 Å². The van der Waals surface area contributed by atoms with Crippen molar-refractivity contribution in [3.05, 3.63) is 66.0 Å². The highest BCUT2D eigenvalue weighted by Crippen LogP contribution is 2.41. The number of amides is 1. The molecule has 1 amide bonds. The molecule has 2 aromatic carbocycles. The maximum atomic E-state index is 14.2. The lowest BCUT2D eigenvalue weighted by Gasteiger charge is -2.31. The molecule has 3 atom stereocenters. The first-order valence-electron chi connectivity index (χ1n) is 9.23. The Morgan fingerprint density at radius 3 is 2.52 bits per heavy atom. The molecule has 0 radical (unpaired) electrons. The van der Waals surface area contributed by atoms with Crippen LogP contribution in [-0.2, 0) is 4.79 Å². The lowest BCUT2D eigenvalue weighted by atomic mass is 10.1. The van der Waals surface area contributed by atoms with Gasteiger partial charge in [0.25, 0.3) is 0 Å². The molecule has 1 N–H and O–H groups in total. The highest BCUT2D eigenvalue weighted by atomic mass is 35.5. The molecule has 2 aliphatic heterocycles. The van der Waals surface area contributed by atoms with Crippen LogP contribution in [0.15, 0.2) is 59.5 Å². The summed E-state index contributed by atoms with van der Waals surface area (Å²) in [5.41, 5.74) is 0.933. The lowest BCUT2D eigenvalue weighted by Crippen LogP contribution is -2.44. The monoisotopic (exact) mass is 406 g/mol. The van der Waals surface area contributed by atoms with E-state index in [9.17, 15) is 9.18 Å². The first-order chi connectivity index (χ1) is 12.7. The maximum absolute atomic E-state index is 14.2. The van der Waals surface area contributed by atoms with Gasteiger partial charge in [0, 0.05) is 23.5 Å². The highest BCUT2D eigenvalue weighted by molar-refractivity contribution is 8.00. The molecular formula is C21H24ClFN2OS. The summed E-state index contributed by atoms with van der Waals surface area (Å²) in [5.74, 6) is -0.160. The molecular weight excluding hydrogens is 383 g/mol. The third-order valence-corrected chi connectivity index (χ3v) is 6.61. The number of hydrogen-bond acceptors (Lipinski definition) is 3. The average molecular weight is 407 g/mol. The molecule has 2 bridgehead atoms. The van der Waals surface area contributed by atoms with Crippen LogP contribution in [0.2, 0.25) is 0 Å². The largest absolute Gasteiger partial charge is 0.334 e. The molecule has 2 aromatic rings. The van der Waals surface area contributed by atoms with E-state index in [2.05, 4.69) is 10.2 Å². The van der Waals surface area contributed by atoms with E-state index in [-0.39, 0.29) is 30.2 Å². The van der Waals surface area contributed by atoms with Crippen molar-refractivity contribution in [1.29, 1.82) is 0 Å². The van der Waals surface area contributed by atoms with E-state index in [4.69, 9.17) is 0 Å². The van der Waals surface area contributed by atoms with Crippen LogP contribution in [0, 0.1) is 5.82 Å². The number of fused-ring (bicyclic) bond motifs is 2. The minimum Gasteiger partial charge on any atom is -0.334 e. The molecule has 2 fully saturated rings. The van der Waals surface area contributed by atoms with E-state index < -0.39 is 5.25 Å². The zero-order valence-electron chi connectivity index (χ0n) is 15.0. The Morgan fingerprint density at radius 2 is 1.74 bits per heavy atom. The molecule has 3 unspecified atom stereocenters. The van der Waals surface area contributed by atoms with Crippen molar-refractivity contribution in [2.75, 3.05) is 13.1 Å². The van der Waals surface area contributed by atoms with Crippen LogP contribution >= 0.6 is 24.2 Å². The topological polar surface area (TPSA) is 32.3 Å². The highest BCUT2D eigenvalue weighted by Gasteiger charge is 2.41. The van der Waals surface area contributed by atoms with Crippen LogP contribution in [-0.4, -0.2) is 36.0 Å². The van der Waals surface area contributed by atoms with Crippen LogP contribution in [0.1, 0.15) is 30.1 Å². The van der Waals surface area contributed by atoms with Gasteiger partial charge in [-0.2, -0.15) is 0 Å². The predicted octanol–water partition coefficient (Wildman–Crippen LogP) is 4.43. The van der Waals surface area contributed by atoms with E-state index >= 15 is 0 Å². The van der Waals surface area contributed by atoms with E-state index in [1.807, 2.05) is 36.4 Å². The summed E-state index contributed by atoms with van der Waals surface area (Å²) in [6.45, 7) is 1.82. The summed E-state index contributed by atoms with van der Waals surface area (Å²) >= 11 is 1.32. The van der Waals surface area contributed by atoms with Crippen LogP contribution in [0.3, 0.4) is 0 Å². The molecule has 0 spiro atoms. The smallest absolute Gasteiger partial charge is 0.241 e. The standard InChI is InChI=1S/C21H23FN2OS.ClH/c22-18-8-4-5-9-19(18)26-20(15-6-2-1-3-7-15)21(25)24-16-10-11-17(24)14-23-13-12-16;/h1-9,16-17,20,23H,10-14H2;1H. The van der Waals surface area contributed by atoms with Crippen LogP contribution in [0.5, 0.6) is 0 Å². The fraction of sp³-hybridized carbons (Fsp3) is 0.381. The second kappa shape index (κ2) is 9.09. The van der Waals surface area contributed by atoms with Gasteiger partial charge in [0.15, 0.2) is 0 Å². The number of thioether (sulfide) groups is 1. The molecule has 0 saturated carbocycles. The fourth-order valence-electron chi connectivity index (χ4n) is 4.03. The molecule has 2 saturated heterocycles. The normalized spacial score (nSPS) is 22.6. The second-order valence-electron chi connectivity index (χ2n) is 6.96. The molecule has 0 aliphatic carbocycles. The van der Waals surface area contributed by atoms with Gasteiger partial charge in [-0.25, -0.2) is 4.39 Å². The zero-order valence-corrected chi connectivity index (χ0v) is 16.6. The van der Waals surface area contributed by atoms with Crippen molar-refractivity contribution in [1.82, 2.24) is 10.2 Å². The van der Waals surface area contributed by atoms with Crippen molar-refractivity contribution < 1.29 is 9.18 Å². The predicted molar refractivity (Wildman–Crippen MR) is 110 cm³/mol. The van der Waals surface area contributed by atoms with E-state index in [0.717, 1.165) is 37.9 Å². The van der Waals surface area contributed by atoms with Gasteiger partial charge in [-0.15, -0.1) is 24.2 Å². The third kappa shape index (κ3) is 4.31. The second-order valence-corrected chi connectivity index (χ2v) is 8.11. The molecule has 2 heterocycles. The lowest BCUT2D eigenvalue weighted by molar-refractivity contribution is -0.133. The van der Waals surface area contributed by atoms with Crippen molar-refractivity contribution in [3.63, 3.8) is 0 Å². The average Bonchev–Trinajstić information content (AvgIpc) is 2.94. The summed E-state index contributed by atoms with van der Waals surface area (Å²) in [6, 6.07) is 17.0. The van der Waals surface area contributed by atoms with Gasteiger partial charge in [-0.1, -0.05) is 42.5 Å². The Bertz CT molecular complexity index is 762. The molecule has 4 rings (SSSR count). The molecule has 0 aromatic heterocycles. The minimum absolute atomic E-state index is 0. The van der Waals surface area contributed by atoms with E-state index in [0.29, 0.717) is 10.9 Å². The number of carbonyl (C=O) groups excluding carboxylic acids is 1.